The number of aromatic nitrogens is 1. The molecule has 0 unspecified atom stereocenters. The topological polar surface area (TPSA) is 60.3 Å². The highest BCUT2D eigenvalue weighted by Gasteiger charge is 2.16. The van der Waals surface area contributed by atoms with Crippen LogP contribution in [0.15, 0.2) is 53.1 Å². The zero-order valence-electron chi connectivity index (χ0n) is 14.7. The predicted molar refractivity (Wildman–Crippen MR) is 104 cm³/mol. The molecule has 7 heteroatoms. The number of amides is 1. The van der Waals surface area contributed by atoms with Gasteiger partial charge in [0.25, 0.3) is 0 Å². The van der Waals surface area contributed by atoms with Crippen LogP contribution in [0.5, 0.6) is 0 Å². The summed E-state index contributed by atoms with van der Waals surface area (Å²) in [5.74, 6) is -0.927. The number of halogens is 2. The van der Waals surface area contributed by atoms with Gasteiger partial charge in [-0.1, -0.05) is 24.3 Å². The first kappa shape index (κ1) is 19.1. The van der Waals surface area contributed by atoms with Crippen LogP contribution in [-0.4, -0.2) is 30.1 Å². The molecule has 1 amide bonds. The first-order chi connectivity index (χ1) is 13.0. The normalized spacial score (nSPS) is 10.8. The fraction of sp³-hybridized carbons (Fsp3) is 0.200. The van der Waals surface area contributed by atoms with E-state index in [0.29, 0.717) is 23.0 Å². The van der Waals surface area contributed by atoms with Crippen LogP contribution in [0.4, 0.5) is 4.39 Å². The SMILES string of the molecule is COC(=O)c1cn(CC(=O)NCCc2ccc(F)c(Br)c2)c2ccccc12. The number of nitrogens with zero attached hydrogens (tertiary/aromatic N) is 1. The van der Waals surface area contributed by atoms with Crippen LogP contribution in [0.1, 0.15) is 15.9 Å². The van der Waals surface area contributed by atoms with Crippen molar-refractivity contribution in [3.8, 4) is 0 Å². The molecule has 3 aromatic rings. The summed E-state index contributed by atoms with van der Waals surface area (Å²) in [6, 6.07) is 12.1. The second-order valence-electron chi connectivity index (χ2n) is 6.03. The highest BCUT2D eigenvalue weighted by atomic mass is 79.9. The minimum atomic E-state index is -0.438. The number of para-hydroxylation sites is 1. The van der Waals surface area contributed by atoms with Gasteiger partial charge < -0.3 is 14.6 Å². The molecule has 0 aliphatic heterocycles. The lowest BCUT2D eigenvalue weighted by atomic mass is 10.1. The maximum Gasteiger partial charge on any atom is 0.340 e. The fourth-order valence-corrected chi connectivity index (χ4v) is 3.33. The van der Waals surface area contributed by atoms with Crippen LogP contribution in [0.25, 0.3) is 10.9 Å². The number of hydrogen-bond acceptors (Lipinski definition) is 3. The van der Waals surface area contributed by atoms with Crippen LogP contribution in [0.3, 0.4) is 0 Å². The minimum absolute atomic E-state index is 0.0879. The molecule has 0 saturated heterocycles. The minimum Gasteiger partial charge on any atom is -0.465 e. The van der Waals surface area contributed by atoms with Gasteiger partial charge in [-0.05, 0) is 46.1 Å². The van der Waals surface area contributed by atoms with Crippen molar-refractivity contribution in [2.24, 2.45) is 0 Å². The van der Waals surface area contributed by atoms with Gasteiger partial charge in [-0.25, -0.2) is 9.18 Å². The number of methoxy groups -OCH3 is 1. The van der Waals surface area contributed by atoms with E-state index in [9.17, 15) is 14.0 Å². The van der Waals surface area contributed by atoms with Crippen molar-refractivity contribution in [3.05, 3.63) is 70.1 Å². The van der Waals surface area contributed by atoms with E-state index in [4.69, 9.17) is 4.74 Å². The Kier molecular flexibility index (Phi) is 5.91. The molecule has 0 saturated carbocycles. The third-order valence-corrected chi connectivity index (χ3v) is 4.84. The third kappa shape index (κ3) is 4.36. The molecule has 0 bridgehead atoms. The Morgan fingerprint density at radius 2 is 2.00 bits per heavy atom. The maximum atomic E-state index is 13.3. The monoisotopic (exact) mass is 432 g/mol. The van der Waals surface area contributed by atoms with Gasteiger partial charge in [-0.15, -0.1) is 0 Å². The van der Waals surface area contributed by atoms with Gasteiger partial charge in [0.2, 0.25) is 5.91 Å². The number of benzene rings is 2. The van der Waals surface area contributed by atoms with Gasteiger partial charge in [0, 0.05) is 23.6 Å². The maximum absolute atomic E-state index is 13.3. The molecule has 1 aromatic heterocycles. The summed E-state index contributed by atoms with van der Waals surface area (Å²) >= 11 is 3.15. The number of rotatable bonds is 6. The molecule has 27 heavy (non-hydrogen) atoms. The molecule has 0 atom stereocenters. The molecule has 0 aliphatic carbocycles. The molecule has 0 fully saturated rings. The molecular formula is C20H18BrFN2O3. The smallest absolute Gasteiger partial charge is 0.340 e. The average molecular weight is 433 g/mol. The quantitative estimate of drug-likeness (QED) is 0.604. The number of nitrogens with one attached hydrogen (secondary N) is 1. The van der Waals surface area contributed by atoms with Crippen LogP contribution in [-0.2, 0) is 22.5 Å². The van der Waals surface area contributed by atoms with Crippen LogP contribution in [0, 0.1) is 5.82 Å². The Bertz CT molecular complexity index is 1000. The molecule has 1 N–H and O–H groups in total. The van der Waals surface area contributed by atoms with Gasteiger partial charge in [0.05, 0.1) is 17.1 Å². The number of carbonyl (C=O) groups excluding carboxylic acids is 2. The lowest BCUT2D eigenvalue weighted by Crippen LogP contribution is -2.29. The zero-order chi connectivity index (χ0) is 19.4. The van der Waals surface area contributed by atoms with E-state index in [-0.39, 0.29) is 18.3 Å². The molecule has 140 valence electrons. The molecule has 0 spiro atoms. The highest BCUT2D eigenvalue weighted by molar-refractivity contribution is 9.10. The molecule has 0 radical (unpaired) electrons. The van der Waals surface area contributed by atoms with Gasteiger partial charge in [0.1, 0.15) is 12.4 Å². The number of esters is 1. The van der Waals surface area contributed by atoms with Crippen molar-refractivity contribution in [2.45, 2.75) is 13.0 Å². The van der Waals surface area contributed by atoms with E-state index in [1.54, 1.807) is 22.9 Å². The van der Waals surface area contributed by atoms with Crippen molar-refractivity contribution in [1.82, 2.24) is 9.88 Å². The van der Waals surface area contributed by atoms with E-state index in [2.05, 4.69) is 21.2 Å². The lowest BCUT2D eigenvalue weighted by molar-refractivity contribution is -0.121. The second-order valence-corrected chi connectivity index (χ2v) is 6.88. The Hall–Kier alpha value is -2.67. The molecule has 0 aliphatic rings. The first-order valence-electron chi connectivity index (χ1n) is 8.36. The van der Waals surface area contributed by atoms with E-state index in [0.717, 1.165) is 16.5 Å². The molecule has 1 heterocycles. The zero-order valence-corrected chi connectivity index (χ0v) is 16.3. The summed E-state index contributed by atoms with van der Waals surface area (Å²) in [5, 5.41) is 3.59. The number of ether oxygens (including phenoxy) is 1. The van der Waals surface area contributed by atoms with Crippen molar-refractivity contribution in [2.75, 3.05) is 13.7 Å². The van der Waals surface area contributed by atoms with Crippen LogP contribution >= 0.6 is 15.9 Å². The van der Waals surface area contributed by atoms with E-state index >= 15 is 0 Å². The predicted octanol–water partition coefficient (Wildman–Crippen LogP) is 3.69. The van der Waals surface area contributed by atoms with Crippen LogP contribution < -0.4 is 5.32 Å². The summed E-state index contributed by atoms with van der Waals surface area (Å²) in [7, 11) is 1.33. The number of fused-ring (bicyclic) bond motifs is 1. The van der Waals surface area contributed by atoms with E-state index in [1.807, 2.05) is 24.3 Å². The average Bonchev–Trinajstić information content (AvgIpc) is 3.02. The first-order valence-corrected chi connectivity index (χ1v) is 9.15. The summed E-state index contributed by atoms with van der Waals surface area (Å²) in [6.45, 7) is 0.518. The van der Waals surface area contributed by atoms with Gasteiger partial charge in [-0.2, -0.15) is 0 Å². The van der Waals surface area contributed by atoms with Gasteiger partial charge in [-0.3, -0.25) is 4.79 Å². The third-order valence-electron chi connectivity index (χ3n) is 4.23. The Balaban J connectivity index is 1.65. The largest absolute Gasteiger partial charge is 0.465 e. The van der Waals surface area contributed by atoms with Crippen molar-refractivity contribution in [1.29, 1.82) is 0 Å². The summed E-state index contributed by atoms with van der Waals surface area (Å²) in [4.78, 5) is 24.2. The summed E-state index contributed by atoms with van der Waals surface area (Å²) < 4.78 is 20.2. The van der Waals surface area contributed by atoms with E-state index < -0.39 is 5.97 Å². The number of carbonyl (C=O) groups is 2. The van der Waals surface area contributed by atoms with E-state index in [1.165, 1.54) is 13.2 Å². The van der Waals surface area contributed by atoms with Crippen molar-refractivity contribution in [3.63, 3.8) is 0 Å². The lowest BCUT2D eigenvalue weighted by Gasteiger charge is -2.08. The summed E-state index contributed by atoms with van der Waals surface area (Å²) in [5.41, 5.74) is 2.13. The Morgan fingerprint density at radius 1 is 1.22 bits per heavy atom. The summed E-state index contributed by atoms with van der Waals surface area (Å²) in [6.07, 6.45) is 2.22. The molecule has 3 rings (SSSR count). The van der Waals surface area contributed by atoms with Crippen molar-refractivity contribution >= 4 is 38.7 Å². The highest BCUT2D eigenvalue weighted by Crippen LogP contribution is 2.22. The standard InChI is InChI=1S/C20H18BrFN2O3/c1-27-20(26)15-11-24(18-5-3-2-4-14(15)18)12-19(25)23-9-8-13-6-7-17(22)16(21)10-13/h2-7,10-11H,8-9,12H2,1H3,(H,23,25). The second kappa shape index (κ2) is 8.35. The van der Waals surface area contributed by atoms with Gasteiger partial charge in [0.15, 0.2) is 0 Å². The Labute approximate surface area is 164 Å². The van der Waals surface area contributed by atoms with Crippen molar-refractivity contribution < 1.29 is 18.7 Å². The Morgan fingerprint density at radius 3 is 2.74 bits per heavy atom. The number of hydrogen-bond donors (Lipinski definition) is 1. The fourth-order valence-electron chi connectivity index (χ4n) is 2.90. The molecular weight excluding hydrogens is 415 g/mol. The molecule has 2 aromatic carbocycles. The van der Waals surface area contributed by atoms with Gasteiger partial charge >= 0.3 is 5.97 Å². The van der Waals surface area contributed by atoms with Crippen LogP contribution in [0.2, 0.25) is 0 Å². The molecule has 5 nitrogen and oxygen atoms in total.